The molecule has 8 heteroatoms. The zero-order valence-electron chi connectivity index (χ0n) is 18.5. The van der Waals surface area contributed by atoms with Crippen molar-refractivity contribution in [2.75, 3.05) is 30.7 Å². The van der Waals surface area contributed by atoms with Gasteiger partial charge in [0.15, 0.2) is 6.79 Å². The third-order valence-corrected chi connectivity index (χ3v) is 5.58. The van der Waals surface area contributed by atoms with Crippen molar-refractivity contribution < 1.29 is 19.2 Å². The van der Waals surface area contributed by atoms with Crippen LogP contribution in [0.5, 0.6) is 5.75 Å². The predicted molar refractivity (Wildman–Crippen MR) is 127 cm³/mol. The number of ether oxygens (including phenoxy) is 2. The van der Waals surface area contributed by atoms with E-state index in [-0.39, 0.29) is 24.4 Å². The SMILES string of the molecule is COCOc1cc(C(=O)N2CC[C@H](C)Nc3ccccc32)ccc1-c1ccc([N+](=O)[O-])cc1. The smallest absolute Gasteiger partial charge is 0.269 e. The molecule has 0 saturated carbocycles. The lowest BCUT2D eigenvalue weighted by atomic mass is 10.0. The lowest BCUT2D eigenvalue weighted by molar-refractivity contribution is -0.384. The second-order valence-electron chi connectivity index (χ2n) is 7.87. The predicted octanol–water partition coefficient (Wildman–Crippen LogP) is 5.10. The first-order valence-corrected chi connectivity index (χ1v) is 10.7. The summed E-state index contributed by atoms with van der Waals surface area (Å²) in [6.45, 7) is 2.69. The molecule has 1 aliphatic rings. The Morgan fingerprint density at radius 2 is 1.91 bits per heavy atom. The van der Waals surface area contributed by atoms with E-state index in [0.29, 0.717) is 23.4 Å². The van der Waals surface area contributed by atoms with Crippen LogP contribution in [0.3, 0.4) is 0 Å². The van der Waals surface area contributed by atoms with Crippen molar-refractivity contribution in [1.29, 1.82) is 0 Å². The molecule has 1 atom stereocenters. The van der Waals surface area contributed by atoms with Gasteiger partial charge in [-0.2, -0.15) is 0 Å². The summed E-state index contributed by atoms with van der Waals surface area (Å²) in [4.78, 5) is 25.9. The number of hydrogen-bond acceptors (Lipinski definition) is 6. The molecule has 0 aliphatic carbocycles. The molecule has 3 aromatic rings. The number of nitrogens with one attached hydrogen (secondary N) is 1. The van der Waals surface area contributed by atoms with E-state index in [1.54, 1.807) is 35.2 Å². The fourth-order valence-corrected chi connectivity index (χ4v) is 3.88. The fourth-order valence-electron chi connectivity index (χ4n) is 3.88. The maximum absolute atomic E-state index is 13.6. The molecule has 0 bridgehead atoms. The lowest BCUT2D eigenvalue weighted by Gasteiger charge is -2.23. The maximum atomic E-state index is 13.6. The van der Waals surface area contributed by atoms with Crippen molar-refractivity contribution in [3.8, 4) is 16.9 Å². The molecule has 1 heterocycles. The number of methoxy groups -OCH3 is 1. The van der Waals surface area contributed by atoms with Gasteiger partial charge in [0.2, 0.25) is 0 Å². The van der Waals surface area contributed by atoms with E-state index in [2.05, 4.69) is 12.2 Å². The Kier molecular flexibility index (Phi) is 6.55. The number of hydrogen-bond donors (Lipinski definition) is 1. The minimum absolute atomic E-state index is 0.00556. The number of benzene rings is 3. The second-order valence-corrected chi connectivity index (χ2v) is 7.87. The number of nitro benzene ring substituents is 1. The van der Waals surface area contributed by atoms with Crippen molar-refractivity contribution in [3.05, 3.63) is 82.4 Å². The molecular weight excluding hydrogens is 422 g/mol. The van der Waals surface area contributed by atoms with Crippen LogP contribution in [0.25, 0.3) is 11.1 Å². The van der Waals surface area contributed by atoms with Gasteiger partial charge in [0.1, 0.15) is 5.75 Å². The Balaban J connectivity index is 1.70. The molecule has 170 valence electrons. The highest BCUT2D eigenvalue weighted by Gasteiger charge is 2.25. The molecule has 0 unspecified atom stereocenters. The summed E-state index contributed by atoms with van der Waals surface area (Å²) in [6, 6.07) is 19.5. The number of anilines is 2. The molecule has 1 N–H and O–H groups in total. The van der Waals surface area contributed by atoms with E-state index in [1.807, 2.05) is 24.3 Å². The molecule has 0 spiro atoms. The Hall–Kier alpha value is -3.91. The van der Waals surface area contributed by atoms with Crippen LogP contribution in [0.2, 0.25) is 0 Å². The van der Waals surface area contributed by atoms with Crippen LogP contribution >= 0.6 is 0 Å². The minimum atomic E-state index is -0.442. The Bertz CT molecular complexity index is 1160. The first-order valence-electron chi connectivity index (χ1n) is 10.7. The summed E-state index contributed by atoms with van der Waals surface area (Å²) < 4.78 is 10.8. The minimum Gasteiger partial charge on any atom is -0.467 e. The molecule has 3 aromatic carbocycles. The summed E-state index contributed by atoms with van der Waals surface area (Å²) >= 11 is 0. The van der Waals surface area contributed by atoms with Crippen LogP contribution in [0.4, 0.5) is 17.1 Å². The average molecular weight is 447 g/mol. The van der Waals surface area contributed by atoms with Crippen LogP contribution in [0.1, 0.15) is 23.7 Å². The normalized spacial score (nSPS) is 15.2. The summed E-state index contributed by atoms with van der Waals surface area (Å²) in [7, 11) is 1.52. The van der Waals surface area contributed by atoms with E-state index in [0.717, 1.165) is 23.4 Å². The fraction of sp³-hybridized carbons (Fsp3) is 0.240. The van der Waals surface area contributed by atoms with Gasteiger partial charge in [0.25, 0.3) is 11.6 Å². The standard InChI is InChI=1S/C25H25N3O5/c1-17-13-14-27(23-6-4-3-5-22(23)26-17)25(29)19-9-12-21(24(15-19)33-16-32-2)18-7-10-20(11-8-18)28(30)31/h3-12,15,17,26H,13-14,16H2,1-2H3/t17-/m0/s1. The number of nitro groups is 1. The van der Waals surface area contributed by atoms with Gasteiger partial charge < -0.3 is 19.7 Å². The number of para-hydroxylation sites is 2. The molecule has 0 radical (unpaired) electrons. The summed E-state index contributed by atoms with van der Waals surface area (Å²) in [5.41, 5.74) is 3.71. The van der Waals surface area contributed by atoms with Gasteiger partial charge in [-0.3, -0.25) is 14.9 Å². The van der Waals surface area contributed by atoms with Crippen molar-refractivity contribution in [2.45, 2.75) is 19.4 Å². The summed E-state index contributed by atoms with van der Waals surface area (Å²) in [5.74, 6) is 0.335. The number of rotatable bonds is 6. The van der Waals surface area contributed by atoms with Crippen LogP contribution in [-0.2, 0) is 4.74 Å². The summed E-state index contributed by atoms with van der Waals surface area (Å²) in [6.07, 6.45) is 0.814. The Morgan fingerprint density at radius 1 is 1.15 bits per heavy atom. The molecule has 33 heavy (non-hydrogen) atoms. The third-order valence-electron chi connectivity index (χ3n) is 5.58. The number of amides is 1. The van der Waals surface area contributed by atoms with E-state index >= 15 is 0 Å². The van der Waals surface area contributed by atoms with Gasteiger partial charge in [0, 0.05) is 43.0 Å². The van der Waals surface area contributed by atoms with Crippen LogP contribution in [0.15, 0.2) is 66.7 Å². The zero-order chi connectivity index (χ0) is 23.4. The Labute approximate surface area is 191 Å². The highest BCUT2D eigenvalue weighted by Crippen LogP contribution is 2.35. The third kappa shape index (κ3) is 4.80. The number of nitrogens with zero attached hydrogens (tertiary/aromatic N) is 2. The quantitative estimate of drug-likeness (QED) is 0.321. The molecule has 0 saturated heterocycles. The maximum Gasteiger partial charge on any atom is 0.269 e. The molecule has 4 rings (SSSR count). The van der Waals surface area contributed by atoms with Gasteiger partial charge in [-0.1, -0.05) is 12.1 Å². The molecule has 1 aliphatic heterocycles. The topological polar surface area (TPSA) is 93.9 Å². The van der Waals surface area contributed by atoms with Crippen molar-refractivity contribution in [3.63, 3.8) is 0 Å². The van der Waals surface area contributed by atoms with Crippen LogP contribution in [-0.4, -0.2) is 37.3 Å². The monoisotopic (exact) mass is 447 g/mol. The van der Waals surface area contributed by atoms with Gasteiger partial charge >= 0.3 is 0 Å². The first-order chi connectivity index (χ1) is 16.0. The lowest BCUT2D eigenvalue weighted by Crippen LogP contribution is -2.32. The second kappa shape index (κ2) is 9.70. The van der Waals surface area contributed by atoms with Crippen LogP contribution in [0, 0.1) is 10.1 Å². The van der Waals surface area contributed by atoms with E-state index in [4.69, 9.17) is 9.47 Å². The molecule has 8 nitrogen and oxygen atoms in total. The van der Waals surface area contributed by atoms with Crippen molar-refractivity contribution in [1.82, 2.24) is 0 Å². The number of carbonyl (C=O) groups excluding carboxylic acids is 1. The Morgan fingerprint density at radius 3 is 2.64 bits per heavy atom. The first kappa shape index (κ1) is 22.3. The number of non-ortho nitro benzene ring substituents is 1. The average Bonchev–Trinajstić information content (AvgIpc) is 3.00. The number of fused-ring (bicyclic) bond motifs is 1. The van der Waals surface area contributed by atoms with Crippen LogP contribution < -0.4 is 15.0 Å². The molecule has 0 fully saturated rings. The van der Waals surface area contributed by atoms with Gasteiger partial charge in [-0.25, -0.2) is 0 Å². The van der Waals surface area contributed by atoms with Gasteiger partial charge in [0.05, 0.1) is 16.3 Å². The molecule has 0 aromatic heterocycles. The van der Waals surface area contributed by atoms with Gasteiger partial charge in [-0.05, 0) is 61.4 Å². The van der Waals surface area contributed by atoms with Crippen molar-refractivity contribution >= 4 is 23.0 Å². The zero-order valence-corrected chi connectivity index (χ0v) is 18.5. The van der Waals surface area contributed by atoms with E-state index < -0.39 is 4.92 Å². The highest BCUT2D eigenvalue weighted by molar-refractivity contribution is 6.08. The molecule has 1 amide bonds. The largest absolute Gasteiger partial charge is 0.467 e. The molecular formula is C25H25N3O5. The summed E-state index contributed by atoms with van der Waals surface area (Å²) in [5, 5.41) is 14.4. The van der Waals surface area contributed by atoms with E-state index in [1.165, 1.54) is 19.2 Å². The number of carbonyl (C=O) groups is 1. The van der Waals surface area contributed by atoms with Crippen molar-refractivity contribution in [2.24, 2.45) is 0 Å². The van der Waals surface area contributed by atoms with Gasteiger partial charge in [-0.15, -0.1) is 0 Å². The highest BCUT2D eigenvalue weighted by atomic mass is 16.7. The van der Waals surface area contributed by atoms with E-state index in [9.17, 15) is 14.9 Å².